The number of amidine groups is 1. The molecule has 0 bridgehead atoms. The second-order valence-electron chi connectivity index (χ2n) is 10.8. The number of hydrogen-bond acceptors (Lipinski definition) is 8. The molecule has 3 aromatic rings. The average Bonchev–Trinajstić information content (AvgIpc) is 3.57. The number of likely N-dealkylation sites (tertiary alicyclic amines) is 1. The number of rotatable bonds is 8. The first-order chi connectivity index (χ1) is 20.0. The zero-order valence-electron chi connectivity index (χ0n) is 23.0. The molecule has 4 heterocycles. The SMILES string of the molecule is O=C1N=C(N2CCCCC2)SC1=Cc1ccc(N2CCC(NC[C@@H](O)COc3cccc4[nH]c(=O)[nH]c34)CC2)cc1. The van der Waals surface area contributed by atoms with E-state index in [0.717, 1.165) is 62.6 Å². The number of H-pyrrole nitrogens is 2. The van der Waals surface area contributed by atoms with E-state index in [-0.39, 0.29) is 18.2 Å². The summed E-state index contributed by atoms with van der Waals surface area (Å²) in [6.45, 7) is 4.39. The predicted octanol–water partition coefficient (Wildman–Crippen LogP) is 3.31. The minimum Gasteiger partial charge on any atom is -0.489 e. The normalized spacial score (nSPS) is 20.2. The molecule has 11 heteroatoms. The van der Waals surface area contributed by atoms with Gasteiger partial charge in [-0.15, -0.1) is 0 Å². The number of benzene rings is 2. The first-order valence-electron chi connectivity index (χ1n) is 14.4. The number of ether oxygens (including phenoxy) is 1. The lowest BCUT2D eigenvalue weighted by Gasteiger charge is -2.34. The van der Waals surface area contributed by atoms with Gasteiger partial charge in [0.1, 0.15) is 24.0 Å². The average molecular weight is 577 g/mol. The molecule has 2 fully saturated rings. The van der Waals surface area contributed by atoms with Gasteiger partial charge in [-0.3, -0.25) is 4.79 Å². The van der Waals surface area contributed by atoms with Crippen molar-refractivity contribution in [3.05, 3.63) is 63.4 Å². The summed E-state index contributed by atoms with van der Waals surface area (Å²) in [5, 5.41) is 14.8. The molecule has 0 aliphatic carbocycles. The smallest absolute Gasteiger partial charge is 0.323 e. The molecule has 0 saturated carbocycles. The molecule has 4 N–H and O–H groups in total. The maximum Gasteiger partial charge on any atom is 0.323 e. The first-order valence-corrected chi connectivity index (χ1v) is 15.2. The van der Waals surface area contributed by atoms with E-state index < -0.39 is 6.10 Å². The van der Waals surface area contributed by atoms with Crippen LogP contribution in [0.15, 0.2) is 57.2 Å². The highest BCUT2D eigenvalue weighted by Crippen LogP contribution is 2.32. The van der Waals surface area contributed by atoms with E-state index in [1.807, 2.05) is 6.08 Å². The summed E-state index contributed by atoms with van der Waals surface area (Å²) in [6, 6.07) is 14.1. The second kappa shape index (κ2) is 12.5. The summed E-state index contributed by atoms with van der Waals surface area (Å²) in [6.07, 6.45) is 6.81. The highest BCUT2D eigenvalue weighted by molar-refractivity contribution is 8.18. The highest BCUT2D eigenvalue weighted by atomic mass is 32.2. The minimum atomic E-state index is -0.665. The Morgan fingerprint density at radius 3 is 2.59 bits per heavy atom. The van der Waals surface area contributed by atoms with Gasteiger partial charge in [-0.25, -0.2) is 4.79 Å². The molecule has 3 aliphatic heterocycles. The molecule has 0 unspecified atom stereocenters. The molecule has 1 aromatic heterocycles. The van der Waals surface area contributed by atoms with Crippen molar-refractivity contribution in [1.82, 2.24) is 20.2 Å². The lowest BCUT2D eigenvalue weighted by atomic mass is 10.0. The zero-order chi connectivity index (χ0) is 28.2. The number of aliphatic hydroxyl groups is 1. The van der Waals surface area contributed by atoms with E-state index in [1.165, 1.54) is 23.9 Å². The van der Waals surface area contributed by atoms with Crippen molar-refractivity contribution in [2.75, 3.05) is 44.2 Å². The lowest BCUT2D eigenvalue weighted by Crippen LogP contribution is -2.45. The Hall–Kier alpha value is -3.54. The van der Waals surface area contributed by atoms with Gasteiger partial charge in [0, 0.05) is 44.5 Å². The summed E-state index contributed by atoms with van der Waals surface area (Å²) >= 11 is 1.49. The Morgan fingerprint density at radius 1 is 1.02 bits per heavy atom. The number of aromatic nitrogens is 2. The predicted molar refractivity (Wildman–Crippen MR) is 164 cm³/mol. The van der Waals surface area contributed by atoms with Crippen LogP contribution in [-0.4, -0.2) is 82.5 Å². The third kappa shape index (κ3) is 6.69. The van der Waals surface area contributed by atoms with Crippen LogP contribution >= 0.6 is 11.8 Å². The maximum atomic E-state index is 12.5. The number of aliphatic hydroxyl groups excluding tert-OH is 1. The standard InChI is InChI=1S/C30H36N6O4S/c37-23(19-40-25-6-4-5-24-27(25)33-29(39)32-24)18-31-21-11-15-35(16-12-21)22-9-7-20(8-10-22)17-26-28(38)34-30(41-26)36-13-2-1-3-14-36/h4-10,17,21,23,31,37H,1-3,11-16,18-19H2,(H2,32,33,39)/t23-/m1/s1. The van der Waals surface area contributed by atoms with Crippen LogP contribution in [0.4, 0.5) is 5.69 Å². The topological polar surface area (TPSA) is 126 Å². The van der Waals surface area contributed by atoms with Crippen LogP contribution in [0.2, 0.25) is 0 Å². The third-order valence-electron chi connectivity index (χ3n) is 7.87. The Kier molecular flexibility index (Phi) is 8.45. The number of fused-ring (bicyclic) bond motifs is 1. The molecule has 216 valence electrons. The van der Waals surface area contributed by atoms with E-state index in [0.29, 0.717) is 34.3 Å². The lowest BCUT2D eigenvalue weighted by molar-refractivity contribution is -0.113. The number of nitrogens with zero attached hydrogens (tertiary/aromatic N) is 3. The summed E-state index contributed by atoms with van der Waals surface area (Å²) in [5.41, 5.74) is 3.18. The fourth-order valence-electron chi connectivity index (χ4n) is 5.59. The van der Waals surface area contributed by atoms with Crippen LogP contribution in [0.25, 0.3) is 17.1 Å². The number of para-hydroxylation sites is 1. The van der Waals surface area contributed by atoms with Crippen LogP contribution in [0.1, 0.15) is 37.7 Å². The summed E-state index contributed by atoms with van der Waals surface area (Å²) in [7, 11) is 0. The first kappa shape index (κ1) is 27.6. The molecule has 1 atom stereocenters. The molecule has 41 heavy (non-hydrogen) atoms. The number of carbonyl (C=O) groups is 1. The molecular weight excluding hydrogens is 540 g/mol. The molecule has 0 radical (unpaired) electrons. The van der Waals surface area contributed by atoms with Crippen molar-refractivity contribution in [2.45, 2.75) is 44.2 Å². The summed E-state index contributed by atoms with van der Waals surface area (Å²) in [4.78, 5) is 39.1. The fourth-order valence-corrected chi connectivity index (χ4v) is 6.56. The van der Waals surface area contributed by atoms with Gasteiger partial charge in [0.2, 0.25) is 0 Å². The van der Waals surface area contributed by atoms with Crippen LogP contribution in [-0.2, 0) is 4.79 Å². The number of aromatic amines is 2. The summed E-state index contributed by atoms with van der Waals surface area (Å²) in [5.74, 6) is 0.403. The van der Waals surface area contributed by atoms with Crippen molar-refractivity contribution < 1.29 is 14.6 Å². The number of nitrogens with one attached hydrogen (secondary N) is 3. The van der Waals surface area contributed by atoms with Crippen molar-refractivity contribution in [3.8, 4) is 5.75 Å². The fraction of sp³-hybridized carbons (Fsp3) is 0.433. The molecular formula is C30H36N6O4S. The van der Waals surface area contributed by atoms with Crippen molar-refractivity contribution >= 4 is 45.6 Å². The molecule has 6 rings (SSSR count). The van der Waals surface area contributed by atoms with Gasteiger partial charge in [-0.1, -0.05) is 18.2 Å². The Morgan fingerprint density at radius 2 is 1.80 bits per heavy atom. The Labute approximate surface area is 242 Å². The van der Waals surface area contributed by atoms with Gasteiger partial charge in [0.25, 0.3) is 5.91 Å². The van der Waals surface area contributed by atoms with E-state index >= 15 is 0 Å². The molecule has 2 aromatic carbocycles. The molecule has 0 spiro atoms. The van der Waals surface area contributed by atoms with E-state index in [2.05, 4.69) is 54.3 Å². The zero-order valence-corrected chi connectivity index (χ0v) is 23.8. The van der Waals surface area contributed by atoms with E-state index in [9.17, 15) is 14.7 Å². The highest BCUT2D eigenvalue weighted by Gasteiger charge is 2.27. The number of piperidine rings is 2. The number of imidazole rings is 1. The van der Waals surface area contributed by atoms with Gasteiger partial charge in [-0.2, -0.15) is 4.99 Å². The largest absolute Gasteiger partial charge is 0.489 e. The maximum absolute atomic E-state index is 12.5. The van der Waals surface area contributed by atoms with Gasteiger partial charge in [0.05, 0.1) is 10.4 Å². The number of anilines is 1. The van der Waals surface area contributed by atoms with Gasteiger partial charge in [-0.05, 0) is 79.8 Å². The van der Waals surface area contributed by atoms with Crippen molar-refractivity contribution in [3.63, 3.8) is 0 Å². The van der Waals surface area contributed by atoms with Gasteiger partial charge in [0.15, 0.2) is 5.17 Å². The molecule has 1 amide bonds. The van der Waals surface area contributed by atoms with Crippen LogP contribution in [0.3, 0.4) is 0 Å². The van der Waals surface area contributed by atoms with E-state index in [1.54, 1.807) is 18.2 Å². The number of aliphatic imine (C=N–C) groups is 1. The molecule has 10 nitrogen and oxygen atoms in total. The third-order valence-corrected chi connectivity index (χ3v) is 8.92. The van der Waals surface area contributed by atoms with Gasteiger partial charge >= 0.3 is 5.69 Å². The van der Waals surface area contributed by atoms with Gasteiger partial charge < -0.3 is 34.9 Å². The van der Waals surface area contributed by atoms with Crippen molar-refractivity contribution in [1.29, 1.82) is 0 Å². The Bertz CT molecular complexity index is 1480. The van der Waals surface area contributed by atoms with Crippen LogP contribution in [0, 0.1) is 0 Å². The Balaban J connectivity index is 0.940. The number of thioether (sulfide) groups is 1. The molecule has 2 saturated heterocycles. The number of carbonyl (C=O) groups excluding carboxylic acids is 1. The number of hydrogen-bond donors (Lipinski definition) is 4. The monoisotopic (exact) mass is 576 g/mol. The van der Waals surface area contributed by atoms with Crippen molar-refractivity contribution in [2.24, 2.45) is 4.99 Å². The van der Waals surface area contributed by atoms with Crippen LogP contribution in [0.5, 0.6) is 5.75 Å². The quantitative estimate of drug-likeness (QED) is 0.301. The number of amides is 1. The van der Waals surface area contributed by atoms with E-state index in [4.69, 9.17) is 4.74 Å². The summed E-state index contributed by atoms with van der Waals surface area (Å²) < 4.78 is 5.78. The second-order valence-corrected chi connectivity index (χ2v) is 11.9. The molecule has 3 aliphatic rings. The minimum absolute atomic E-state index is 0.135. The van der Waals surface area contributed by atoms with Crippen LogP contribution < -0.4 is 20.6 Å².